The summed E-state index contributed by atoms with van der Waals surface area (Å²) >= 11 is 0. The van der Waals surface area contributed by atoms with E-state index in [1.807, 2.05) is 13.8 Å². The van der Waals surface area contributed by atoms with Gasteiger partial charge in [0.25, 0.3) is 0 Å². The summed E-state index contributed by atoms with van der Waals surface area (Å²) in [7, 11) is 0. The Morgan fingerprint density at radius 3 is 1.94 bits per heavy atom. The van der Waals surface area contributed by atoms with Gasteiger partial charge < -0.3 is 4.74 Å². The van der Waals surface area contributed by atoms with E-state index in [2.05, 4.69) is 42.8 Å². The van der Waals surface area contributed by atoms with Crippen molar-refractivity contribution < 1.29 is 9.53 Å². The van der Waals surface area contributed by atoms with Crippen LogP contribution in [0.4, 0.5) is 0 Å². The van der Waals surface area contributed by atoms with E-state index >= 15 is 0 Å². The molecule has 0 aliphatic carbocycles. The van der Waals surface area contributed by atoms with E-state index in [1.165, 1.54) is 11.1 Å². The standard InChI is InChI=1S/C8H10.C6H12O2/c1-7-5-3-4-6-8(7)2;1-3-5-6(7)8-4-2/h3-6H,1-2H3;3-5H2,1-2H3. The molecule has 1 aromatic carbocycles. The van der Waals surface area contributed by atoms with Crippen molar-refractivity contribution in [3.63, 3.8) is 0 Å². The van der Waals surface area contributed by atoms with Crippen molar-refractivity contribution in [1.82, 2.24) is 0 Å². The molecule has 0 atom stereocenters. The first kappa shape index (κ1) is 14.7. The molecule has 90 valence electrons. The molecular formula is C14H22O2. The molecule has 0 aliphatic heterocycles. The number of rotatable bonds is 3. The molecule has 0 bridgehead atoms. The number of hydrogen-bond acceptors (Lipinski definition) is 2. The van der Waals surface area contributed by atoms with Gasteiger partial charge in [0.1, 0.15) is 0 Å². The minimum atomic E-state index is -0.0880. The van der Waals surface area contributed by atoms with E-state index in [9.17, 15) is 4.79 Å². The summed E-state index contributed by atoms with van der Waals surface area (Å²) in [5.74, 6) is -0.0880. The van der Waals surface area contributed by atoms with Crippen molar-refractivity contribution >= 4 is 5.97 Å². The van der Waals surface area contributed by atoms with Crippen molar-refractivity contribution in [2.75, 3.05) is 6.61 Å². The Morgan fingerprint density at radius 1 is 1.12 bits per heavy atom. The molecule has 0 unspecified atom stereocenters. The fourth-order valence-corrected chi connectivity index (χ4v) is 1.10. The molecule has 2 nitrogen and oxygen atoms in total. The van der Waals surface area contributed by atoms with E-state index in [-0.39, 0.29) is 5.97 Å². The lowest BCUT2D eigenvalue weighted by Crippen LogP contribution is -2.01. The molecule has 1 rings (SSSR count). The van der Waals surface area contributed by atoms with Crippen LogP contribution >= 0.6 is 0 Å². The number of aryl methyl sites for hydroxylation is 2. The van der Waals surface area contributed by atoms with Crippen LogP contribution in [0.25, 0.3) is 0 Å². The molecular weight excluding hydrogens is 200 g/mol. The first-order valence-corrected chi connectivity index (χ1v) is 5.79. The molecule has 0 saturated heterocycles. The highest BCUT2D eigenvalue weighted by Gasteiger charge is 1.95. The molecule has 0 heterocycles. The molecule has 0 fully saturated rings. The second kappa shape index (κ2) is 8.96. The third kappa shape index (κ3) is 7.04. The molecule has 1 aromatic rings. The van der Waals surface area contributed by atoms with Crippen molar-refractivity contribution in [2.24, 2.45) is 0 Å². The first-order chi connectivity index (χ1) is 7.61. The van der Waals surface area contributed by atoms with Gasteiger partial charge in [0.2, 0.25) is 0 Å². The van der Waals surface area contributed by atoms with Gasteiger partial charge in [0.15, 0.2) is 0 Å². The lowest BCUT2D eigenvalue weighted by Gasteiger charge is -1.96. The average molecular weight is 222 g/mol. The maximum atomic E-state index is 10.4. The summed E-state index contributed by atoms with van der Waals surface area (Å²) in [5.41, 5.74) is 2.74. The fraction of sp³-hybridized carbons (Fsp3) is 0.500. The summed E-state index contributed by atoms with van der Waals surface area (Å²) in [6.07, 6.45) is 1.42. The third-order valence-corrected chi connectivity index (χ3v) is 2.19. The lowest BCUT2D eigenvalue weighted by atomic mass is 10.1. The predicted octanol–water partition coefficient (Wildman–Crippen LogP) is 3.65. The first-order valence-electron chi connectivity index (χ1n) is 5.79. The van der Waals surface area contributed by atoms with Gasteiger partial charge in [-0.2, -0.15) is 0 Å². The summed E-state index contributed by atoms with van der Waals surface area (Å²) < 4.78 is 4.64. The number of ether oxygens (including phenoxy) is 1. The van der Waals surface area contributed by atoms with Crippen molar-refractivity contribution in [3.8, 4) is 0 Å². The maximum absolute atomic E-state index is 10.4. The van der Waals surface area contributed by atoms with Crippen LogP contribution in [0.5, 0.6) is 0 Å². The molecule has 0 aliphatic rings. The van der Waals surface area contributed by atoms with E-state index in [1.54, 1.807) is 0 Å². The van der Waals surface area contributed by atoms with Crippen LogP contribution < -0.4 is 0 Å². The SMILES string of the molecule is CCCC(=O)OCC.Cc1ccccc1C. The third-order valence-electron chi connectivity index (χ3n) is 2.19. The molecule has 16 heavy (non-hydrogen) atoms. The Kier molecular flexibility index (Phi) is 8.22. The molecule has 0 amide bonds. The topological polar surface area (TPSA) is 26.3 Å². The Hall–Kier alpha value is -1.31. The largest absolute Gasteiger partial charge is 0.466 e. The normalized spacial score (nSPS) is 9.00. The minimum Gasteiger partial charge on any atom is -0.466 e. The fourth-order valence-electron chi connectivity index (χ4n) is 1.10. The molecule has 0 N–H and O–H groups in total. The Labute approximate surface area is 98.6 Å². The second-order valence-electron chi connectivity index (χ2n) is 3.64. The van der Waals surface area contributed by atoms with Crippen molar-refractivity contribution in [1.29, 1.82) is 0 Å². The van der Waals surface area contributed by atoms with Gasteiger partial charge >= 0.3 is 5.97 Å². The zero-order chi connectivity index (χ0) is 12.4. The minimum absolute atomic E-state index is 0.0880. The average Bonchev–Trinajstić information content (AvgIpc) is 2.24. The zero-order valence-corrected chi connectivity index (χ0v) is 10.7. The smallest absolute Gasteiger partial charge is 0.305 e. The second-order valence-corrected chi connectivity index (χ2v) is 3.64. The van der Waals surface area contributed by atoms with E-state index in [0.717, 1.165) is 6.42 Å². The summed E-state index contributed by atoms with van der Waals surface area (Å²) in [6, 6.07) is 8.36. The number of esters is 1. The van der Waals surface area contributed by atoms with Crippen LogP contribution in [0.1, 0.15) is 37.8 Å². The van der Waals surface area contributed by atoms with Gasteiger partial charge in [-0.1, -0.05) is 31.2 Å². The van der Waals surface area contributed by atoms with Crippen LogP contribution in [-0.4, -0.2) is 12.6 Å². The van der Waals surface area contributed by atoms with Crippen LogP contribution in [0.2, 0.25) is 0 Å². The monoisotopic (exact) mass is 222 g/mol. The maximum Gasteiger partial charge on any atom is 0.305 e. The molecule has 0 aromatic heterocycles. The Balaban J connectivity index is 0.000000281. The van der Waals surface area contributed by atoms with E-state index < -0.39 is 0 Å². The van der Waals surface area contributed by atoms with Crippen LogP contribution in [0.3, 0.4) is 0 Å². The van der Waals surface area contributed by atoms with Crippen LogP contribution in [0.15, 0.2) is 24.3 Å². The molecule has 0 spiro atoms. The summed E-state index contributed by atoms with van der Waals surface area (Å²) in [4.78, 5) is 10.4. The Bertz CT molecular complexity index is 276. The van der Waals surface area contributed by atoms with Gasteiger partial charge in [-0.3, -0.25) is 4.79 Å². The number of benzene rings is 1. The van der Waals surface area contributed by atoms with Gasteiger partial charge in [0.05, 0.1) is 6.61 Å². The number of carbonyl (C=O) groups excluding carboxylic acids is 1. The van der Waals surface area contributed by atoms with E-state index in [4.69, 9.17) is 0 Å². The summed E-state index contributed by atoms with van der Waals surface area (Å²) in [6.45, 7) is 8.51. The highest BCUT2D eigenvalue weighted by Crippen LogP contribution is 2.02. The number of carbonyl (C=O) groups is 1. The molecule has 0 radical (unpaired) electrons. The van der Waals surface area contributed by atoms with Crippen molar-refractivity contribution in [3.05, 3.63) is 35.4 Å². The molecule has 0 saturated carbocycles. The predicted molar refractivity (Wildman–Crippen MR) is 67.5 cm³/mol. The quantitative estimate of drug-likeness (QED) is 0.730. The van der Waals surface area contributed by atoms with Gasteiger partial charge in [-0.05, 0) is 38.3 Å². The lowest BCUT2D eigenvalue weighted by molar-refractivity contribution is -0.143. The highest BCUT2D eigenvalue weighted by molar-refractivity contribution is 5.69. The van der Waals surface area contributed by atoms with Gasteiger partial charge in [-0.15, -0.1) is 0 Å². The van der Waals surface area contributed by atoms with Gasteiger partial charge in [-0.25, -0.2) is 0 Å². The van der Waals surface area contributed by atoms with Crippen LogP contribution in [-0.2, 0) is 9.53 Å². The molecule has 2 heteroatoms. The van der Waals surface area contributed by atoms with Crippen LogP contribution in [0, 0.1) is 13.8 Å². The van der Waals surface area contributed by atoms with Crippen molar-refractivity contribution in [2.45, 2.75) is 40.5 Å². The summed E-state index contributed by atoms with van der Waals surface area (Å²) in [5, 5.41) is 0. The Morgan fingerprint density at radius 2 is 1.62 bits per heavy atom. The number of hydrogen-bond donors (Lipinski definition) is 0. The zero-order valence-electron chi connectivity index (χ0n) is 10.7. The van der Waals surface area contributed by atoms with E-state index in [0.29, 0.717) is 13.0 Å². The van der Waals surface area contributed by atoms with Gasteiger partial charge in [0, 0.05) is 6.42 Å². The highest BCUT2D eigenvalue weighted by atomic mass is 16.5.